The molecule has 5 nitrogen and oxygen atoms in total. The zero-order chi connectivity index (χ0) is 24.5. The molecule has 2 aromatic heterocycles. The second-order valence-electron chi connectivity index (χ2n) is 9.02. The number of thioether (sulfide) groups is 1. The molecule has 180 valence electrons. The van der Waals surface area contributed by atoms with Gasteiger partial charge in [0.05, 0.1) is 10.2 Å². The summed E-state index contributed by atoms with van der Waals surface area (Å²) in [5.74, 6) is 2.40. The van der Waals surface area contributed by atoms with Gasteiger partial charge in [-0.1, -0.05) is 54.2 Å². The molecule has 0 saturated heterocycles. The SMILES string of the molecule is C[C@](Oc1ccc2c(c1CSc1nc3ccccc3s1)CCCC2=O)(c1ccccc1)c1ncc[nH]1. The van der Waals surface area contributed by atoms with E-state index >= 15 is 0 Å². The molecule has 1 aliphatic carbocycles. The minimum absolute atomic E-state index is 0.214. The van der Waals surface area contributed by atoms with Crippen molar-refractivity contribution in [2.75, 3.05) is 0 Å². The van der Waals surface area contributed by atoms with Gasteiger partial charge in [0, 0.05) is 41.3 Å². The van der Waals surface area contributed by atoms with Crippen molar-refractivity contribution in [2.24, 2.45) is 0 Å². The van der Waals surface area contributed by atoms with E-state index < -0.39 is 5.60 Å². The van der Waals surface area contributed by atoms with E-state index in [0.717, 1.165) is 56.5 Å². The first kappa shape index (κ1) is 23.0. The van der Waals surface area contributed by atoms with Gasteiger partial charge in [-0.3, -0.25) is 4.79 Å². The third kappa shape index (κ3) is 4.22. The molecule has 0 bridgehead atoms. The molecule has 5 aromatic rings. The lowest BCUT2D eigenvalue weighted by Gasteiger charge is -2.32. The molecule has 6 rings (SSSR count). The molecule has 0 spiro atoms. The van der Waals surface area contributed by atoms with Crippen molar-refractivity contribution in [3.8, 4) is 5.75 Å². The number of rotatable bonds is 7. The monoisotopic (exact) mass is 511 g/mol. The van der Waals surface area contributed by atoms with E-state index in [1.807, 2.05) is 61.7 Å². The second kappa shape index (κ2) is 9.56. The number of carbonyl (C=O) groups excluding carboxylic acids is 1. The fraction of sp³-hybridized carbons (Fsp3) is 0.207. The molecule has 3 aromatic carbocycles. The molecule has 36 heavy (non-hydrogen) atoms. The summed E-state index contributed by atoms with van der Waals surface area (Å²) < 4.78 is 9.07. The Labute approximate surface area is 218 Å². The number of aromatic nitrogens is 3. The third-order valence-corrected chi connectivity index (χ3v) is 8.93. The molecular weight excluding hydrogens is 486 g/mol. The first-order valence-electron chi connectivity index (χ1n) is 12.0. The molecule has 1 aliphatic rings. The lowest BCUT2D eigenvalue weighted by molar-refractivity contribution is 0.0971. The molecular formula is C29H25N3O2S2. The van der Waals surface area contributed by atoms with E-state index in [1.54, 1.807) is 29.3 Å². The van der Waals surface area contributed by atoms with Crippen molar-refractivity contribution in [2.45, 2.75) is 41.9 Å². The van der Waals surface area contributed by atoms with E-state index in [2.05, 4.69) is 28.2 Å². The standard InChI is InChI=1S/C29H25N3O2S2/c1-29(27-30-16-17-31-27,19-8-3-2-4-9-19)34-25-15-14-21-20(10-7-12-24(21)33)22(25)18-35-28-32-23-11-5-6-13-26(23)36-28/h2-6,8-9,11,13-17H,7,10,12,18H2,1H3,(H,30,31)/t29-/m0/s1. The maximum absolute atomic E-state index is 12.8. The molecule has 0 unspecified atom stereocenters. The predicted molar refractivity (Wildman–Crippen MR) is 145 cm³/mol. The number of hydrogen-bond donors (Lipinski definition) is 1. The fourth-order valence-corrected chi connectivity index (χ4v) is 6.95. The van der Waals surface area contributed by atoms with Gasteiger partial charge < -0.3 is 9.72 Å². The Kier molecular flexibility index (Phi) is 6.11. The van der Waals surface area contributed by atoms with Crippen molar-refractivity contribution in [1.29, 1.82) is 0 Å². The summed E-state index contributed by atoms with van der Waals surface area (Å²) in [7, 11) is 0. The van der Waals surface area contributed by atoms with Crippen molar-refractivity contribution < 1.29 is 9.53 Å². The first-order chi connectivity index (χ1) is 17.6. The van der Waals surface area contributed by atoms with Gasteiger partial charge in [-0.15, -0.1) is 11.3 Å². The van der Waals surface area contributed by atoms with Crippen molar-refractivity contribution >= 4 is 39.1 Å². The number of hydrogen-bond acceptors (Lipinski definition) is 6. The Balaban J connectivity index is 1.41. The maximum atomic E-state index is 12.8. The van der Waals surface area contributed by atoms with Crippen LogP contribution in [0.25, 0.3) is 10.2 Å². The van der Waals surface area contributed by atoms with Gasteiger partial charge in [0.15, 0.2) is 21.5 Å². The smallest absolute Gasteiger partial charge is 0.188 e. The number of nitrogens with zero attached hydrogens (tertiary/aromatic N) is 2. The third-order valence-electron chi connectivity index (χ3n) is 6.72. The van der Waals surface area contributed by atoms with Crippen LogP contribution >= 0.6 is 23.1 Å². The first-order valence-corrected chi connectivity index (χ1v) is 13.8. The number of para-hydroxylation sites is 1. The van der Waals surface area contributed by atoms with Crippen LogP contribution in [0.2, 0.25) is 0 Å². The summed E-state index contributed by atoms with van der Waals surface area (Å²) in [6.07, 6.45) is 5.90. The van der Waals surface area contributed by atoms with E-state index in [0.29, 0.717) is 12.2 Å². The van der Waals surface area contributed by atoms with E-state index in [9.17, 15) is 4.79 Å². The van der Waals surface area contributed by atoms with Crippen LogP contribution in [0.5, 0.6) is 5.75 Å². The van der Waals surface area contributed by atoms with Crippen LogP contribution in [-0.2, 0) is 17.8 Å². The number of benzene rings is 3. The highest BCUT2D eigenvalue weighted by molar-refractivity contribution is 8.00. The minimum Gasteiger partial charge on any atom is -0.475 e. The van der Waals surface area contributed by atoms with Crippen molar-refractivity contribution in [3.63, 3.8) is 0 Å². The molecule has 7 heteroatoms. The quantitative estimate of drug-likeness (QED) is 0.235. The van der Waals surface area contributed by atoms with Gasteiger partial charge in [0.2, 0.25) is 0 Å². The Hall–Kier alpha value is -3.42. The second-order valence-corrected chi connectivity index (χ2v) is 11.3. The Morgan fingerprint density at radius 3 is 2.69 bits per heavy atom. The van der Waals surface area contributed by atoms with Crippen LogP contribution < -0.4 is 4.74 Å². The Morgan fingerprint density at radius 2 is 1.89 bits per heavy atom. The molecule has 0 radical (unpaired) electrons. The number of thiazole rings is 1. The number of imidazole rings is 1. The Morgan fingerprint density at radius 1 is 1.06 bits per heavy atom. The predicted octanol–water partition coefficient (Wildman–Crippen LogP) is 7.17. The normalized spacial score (nSPS) is 15.0. The highest BCUT2D eigenvalue weighted by atomic mass is 32.2. The molecule has 1 atom stereocenters. The van der Waals surface area contributed by atoms with Gasteiger partial charge in [-0.25, -0.2) is 9.97 Å². The van der Waals surface area contributed by atoms with Gasteiger partial charge in [-0.2, -0.15) is 0 Å². The number of fused-ring (bicyclic) bond motifs is 2. The number of aromatic amines is 1. The van der Waals surface area contributed by atoms with Crippen LogP contribution in [0.3, 0.4) is 0 Å². The summed E-state index contributed by atoms with van der Waals surface area (Å²) in [4.78, 5) is 25.4. The molecule has 2 heterocycles. The Bertz CT molecular complexity index is 1500. The lowest BCUT2D eigenvalue weighted by atomic mass is 9.87. The molecule has 0 saturated carbocycles. The van der Waals surface area contributed by atoms with Crippen LogP contribution in [0.1, 0.15) is 52.6 Å². The number of H-pyrrole nitrogens is 1. The summed E-state index contributed by atoms with van der Waals surface area (Å²) in [5, 5.41) is 0. The summed E-state index contributed by atoms with van der Waals surface area (Å²) in [6.45, 7) is 2.04. The fourth-order valence-electron chi connectivity index (χ4n) is 4.83. The van der Waals surface area contributed by atoms with E-state index in [1.165, 1.54) is 4.70 Å². The van der Waals surface area contributed by atoms with Gasteiger partial charge in [0.1, 0.15) is 5.75 Å². The van der Waals surface area contributed by atoms with Gasteiger partial charge in [-0.05, 0) is 49.6 Å². The number of carbonyl (C=O) groups is 1. The average molecular weight is 512 g/mol. The van der Waals surface area contributed by atoms with Crippen LogP contribution in [0, 0.1) is 0 Å². The van der Waals surface area contributed by atoms with Gasteiger partial charge in [0.25, 0.3) is 0 Å². The number of nitrogens with one attached hydrogen (secondary N) is 1. The van der Waals surface area contributed by atoms with Crippen molar-refractivity contribution in [3.05, 3.63) is 107 Å². The van der Waals surface area contributed by atoms with E-state index in [4.69, 9.17) is 9.72 Å². The molecule has 0 fully saturated rings. The lowest BCUT2D eigenvalue weighted by Crippen LogP contribution is -2.33. The molecule has 0 amide bonds. The van der Waals surface area contributed by atoms with E-state index in [-0.39, 0.29) is 5.78 Å². The minimum atomic E-state index is -0.826. The maximum Gasteiger partial charge on any atom is 0.188 e. The number of Topliss-reactive ketones (excluding diaryl/α,β-unsaturated/α-hetero) is 1. The number of ether oxygens (including phenoxy) is 1. The molecule has 1 N–H and O–H groups in total. The zero-order valence-corrected chi connectivity index (χ0v) is 21.5. The van der Waals surface area contributed by atoms with Crippen LogP contribution in [0.15, 0.2) is 83.5 Å². The average Bonchev–Trinajstić information content (AvgIpc) is 3.59. The topological polar surface area (TPSA) is 67.9 Å². The highest BCUT2D eigenvalue weighted by Crippen LogP contribution is 2.41. The van der Waals surface area contributed by atoms with Crippen LogP contribution in [-0.4, -0.2) is 20.7 Å². The zero-order valence-electron chi connectivity index (χ0n) is 19.9. The molecule has 0 aliphatic heterocycles. The number of ketones is 1. The summed E-state index contributed by atoms with van der Waals surface area (Å²) in [6, 6.07) is 22.2. The van der Waals surface area contributed by atoms with Crippen LogP contribution in [0.4, 0.5) is 0 Å². The summed E-state index contributed by atoms with van der Waals surface area (Å²) >= 11 is 3.40. The highest BCUT2D eigenvalue weighted by Gasteiger charge is 2.35. The summed E-state index contributed by atoms with van der Waals surface area (Å²) in [5.41, 5.74) is 4.19. The van der Waals surface area contributed by atoms with Crippen molar-refractivity contribution in [1.82, 2.24) is 15.0 Å². The van der Waals surface area contributed by atoms with Gasteiger partial charge >= 0.3 is 0 Å². The largest absolute Gasteiger partial charge is 0.475 e.